The maximum Gasteiger partial charge on any atom is 0.389 e. The highest BCUT2D eigenvalue weighted by Gasteiger charge is 2.25. The molecule has 0 spiro atoms. The molecule has 1 rings (SSSR count). The Kier molecular flexibility index (Phi) is 5.58. The Morgan fingerprint density at radius 2 is 2.06 bits per heavy atom. The zero-order valence-corrected chi connectivity index (χ0v) is 11.0. The van der Waals surface area contributed by atoms with Crippen LogP contribution in [0.1, 0.15) is 29.8 Å². The molecule has 0 unspecified atom stereocenters. The molecule has 1 heterocycles. The Morgan fingerprint density at radius 1 is 1.33 bits per heavy atom. The van der Waals surface area contributed by atoms with Crippen LogP contribution in [-0.4, -0.2) is 23.6 Å². The van der Waals surface area contributed by atoms with Crippen molar-refractivity contribution in [2.45, 2.75) is 25.4 Å². The molecular weight excluding hydrogens is 313 g/mol. The second-order valence-corrected chi connectivity index (χ2v) is 4.49. The molecule has 3 nitrogen and oxygen atoms in total. The van der Waals surface area contributed by atoms with Gasteiger partial charge in [-0.05, 0) is 40.9 Å². The number of unbranched alkanes of at least 4 members (excludes halogenated alkanes) is 1. The summed E-state index contributed by atoms with van der Waals surface area (Å²) in [6.07, 6.45) is -4.65. The van der Waals surface area contributed by atoms with Crippen LogP contribution in [0.15, 0.2) is 22.8 Å². The van der Waals surface area contributed by atoms with Gasteiger partial charge in [-0.25, -0.2) is 4.98 Å². The molecule has 18 heavy (non-hydrogen) atoms. The van der Waals surface area contributed by atoms with Crippen molar-refractivity contribution in [1.29, 1.82) is 0 Å². The first-order chi connectivity index (χ1) is 8.38. The standard InChI is InChI=1S/C11H12BrF3N2O/c12-9-5-3-4-8(17-9)10(18)16-7-2-1-6-11(13,14)15/h3-5H,1-2,6-7H2,(H,16,18). The normalized spacial score (nSPS) is 11.3. The zero-order valence-electron chi connectivity index (χ0n) is 9.43. The summed E-state index contributed by atoms with van der Waals surface area (Å²) < 4.78 is 36.1. The summed E-state index contributed by atoms with van der Waals surface area (Å²) in [4.78, 5) is 15.5. The number of rotatable bonds is 5. The number of hydrogen-bond donors (Lipinski definition) is 1. The van der Waals surface area contributed by atoms with E-state index in [1.54, 1.807) is 12.1 Å². The van der Waals surface area contributed by atoms with Crippen LogP contribution in [-0.2, 0) is 0 Å². The summed E-state index contributed by atoms with van der Waals surface area (Å²) in [6, 6.07) is 4.88. The van der Waals surface area contributed by atoms with Crippen molar-refractivity contribution < 1.29 is 18.0 Å². The second-order valence-electron chi connectivity index (χ2n) is 3.67. The van der Waals surface area contributed by atoms with Crippen molar-refractivity contribution in [3.8, 4) is 0 Å². The lowest BCUT2D eigenvalue weighted by molar-refractivity contribution is -0.135. The molecule has 0 aromatic carbocycles. The molecule has 1 N–H and O–H groups in total. The maximum absolute atomic E-state index is 11.8. The van der Waals surface area contributed by atoms with Gasteiger partial charge < -0.3 is 5.32 Å². The van der Waals surface area contributed by atoms with Crippen LogP contribution >= 0.6 is 15.9 Å². The molecule has 0 aliphatic carbocycles. The summed E-state index contributed by atoms with van der Waals surface area (Å²) >= 11 is 3.13. The molecule has 100 valence electrons. The van der Waals surface area contributed by atoms with Crippen LogP contribution in [0.5, 0.6) is 0 Å². The Labute approximate surface area is 111 Å². The SMILES string of the molecule is O=C(NCCCCC(F)(F)F)c1cccc(Br)n1. The highest BCUT2D eigenvalue weighted by atomic mass is 79.9. The van der Waals surface area contributed by atoms with E-state index in [1.165, 1.54) is 6.07 Å². The number of hydrogen-bond acceptors (Lipinski definition) is 2. The number of amides is 1. The lowest BCUT2D eigenvalue weighted by atomic mass is 10.2. The van der Waals surface area contributed by atoms with Gasteiger partial charge in [0.15, 0.2) is 0 Å². The quantitative estimate of drug-likeness (QED) is 0.667. The number of nitrogens with zero attached hydrogens (tertiary/aromatic N) is 1. The first kappa shape index (κ1) is 14.9. The summed E-state index contributed by atoms with van der Waals surface area (Å²) in [5, 5.41) is 2.52. The van der Waals surface area contributed by atoms with Gasteiger partial charge in [0.05, 0.1) is 0 Å². The molecule has 0 saturated heterocycles. The number of halogens is 4. The van der Waals surface area contributed by atoms with Gasteiger partial charge in [-0.3, -0.25) is 4.79 Å². The van der Waals surface area contributed by atoms with Crippen molar-refractivity contribution in [3.05, 3.63) is 28.5 Å². The van der Waals surface area contributed by atoms with Gasteiger partial charge in [0.1, 0.15) is 10.3 Å². The van der Waals surface area contributed by atoms with Crippen molar-refractivity contribution in [3.63, 3.8) is 0 Å². The summed E-state index contributed by atoms with van der Waals surface area (Å²) in [5.41, 5.74) is 0.236. The number of aromatic nitrogens is 1. The average Bonchev–Trinajstić information content (AvgIpc) is 2.26. The average molecular weight is 325 g/mol. The largest absolute Gasteiger partial charge is 0.389 e. The summed E-state index contributed by atoms with van der Waals surface area (Å²) in [7, 11) is 0. The van der Waals surface area contributed by atoms with Crippen molar-refractivity contribution in [1.82, 2.24) is 10.3 Å². The van der Waals surface area contributed by atoms with Crippen LogP contribution in [0.4, 0.5) is 13.2 Å². The fourth-order valence-electron chi connectivity index (χ4n) is 1.28. The number of alkyl halides is 3. The molecule has 0 radical (unpaired) electrons. The van der Waals surface area contributed by atoms with Gasteiger partial charge in [-0.2, -0.15) is 13.2 Å². The van der Waals surface area contributed by atoms with Crippen LogP contribution in [0.2, 0.25) is 0 Å². The Bertz CT molecular complexity index is 410. The minimum atomic E-state index is -4.13. The van der Waals surface area contributed by atoms with E-state index in [0.29, 0.717) is 11.0 Å². The molecule has 7 heteroatoms. The number of nitrogens with one attached hydrogen (secondary N) is 1. The molecular formula is C11H12BrF3N2O. The van der Waals surface area contributed by atoms with Crippen LogP contribution < -0.4 is 5.32 Å². The Hall–Kier alpha value is -1.11. The van der Waals surface area contributed by atoms with E-state index < -0.39 is 12.6 Å². The third-order valence-corrected chi connectivity index (χ3v) is 2.56. The minimum absolute atomic E-state index is 0.00962. The minimum Gasteiger partial charge on any atom is -0.351 e. The fraction of sp³-hybridized carbons (Fsp3) is 0.455. The topological polar surface area (TPSA) is 42.0 Å². The van der Waals surface area contributed by atoms with E-state index in [-0.39, 0.29) is 24.6 Å². The third kappa shape index (κ3) is 6.00. The fourth-order valence-corrected chi connectivity index (χ4v) is 1.62. The molecule has 0 fully saturated rings. The van der Waals surface area contributed by atoms with Crippen molar-refractivity contribution >= 4 is 21.8 Å². The van der Waals surface area contributed by atoms with Gasteiger partial charge in [-0.15, -0.1) is 0 Å². The highest BCUT2D eigenvalue weighted by Crippen LogP contribution is 2.21. The number of carbonyl (C=O) groups is 1. The number of carbonyl (C=O) groups excluding carboxylic acids is 1. The lowest BCUT2D eigenvalue weighted by Gasteiger charge is -2.07. The van der Waals surface area contributed by atoms with Crippen LogP contribution in [0, 0.1) is 0 Å². The molecule has 1 aromatic heterocycles. The van der Waals surface area contributed by atoms with E-state index in [9.17, 15) is 18.0 Å². The molecule has 0 aliphatic rings. The first-order valence-corrected chi connectivity index (χ1v) is 6.15. The third-order valence-electron chi connectivity index (χ3n) is 2.12. The predicted octanol–water partition coefficient (Wildman–Crippen LogP) is 3.31. The molecule has 1 amide bonds. The number of pyridine rings is 1. The second kappa shape index (κ2) is 6.72. The molecule has 0 aliphatic heterocycles. The van der Waals surface area contributed by atoms with Gasteiger partial charge in [0.2, 0.25) is 0 Å². The molecule has 0 atom stereocenters. The summed E-state index contributed by atoms with van der Waals surface area (Å²) in [6.45, 7) is 0.211. The lowest BCUT2D eigenvalue weighted by Crippen LogP contribution is -2.25. The van der Waals surface area contributed by atoms with E-state index in [2.05, 4.69) is 26.2 Å². The van der Waals surface area contributed by atoms with Crippen molar-refractivity contribution in [2.24, 2.45) is 0 Å². The van der Waals surface area contributed by atoms with E-state index >= 15 is 0 Å². The Morgan fingerprint density at radius 3 is 2.67 bits per heavy atom. The van der Waals surface area contributed by atoms with Crippen molar-refractivity contribution in [2.75, 3.05) is 6.54 Å². The predicted molar refractivity (Wildman–Crippen MR) is 64.2 cm³/mol. The van der Waals surface area contributed by atoms with Gasteiger partial charge in [0, 0.05) is 13.0 Å². The summed E-state index contributed by atoms with van der Waals surface area (Å²) in [5.74, 6) is -0.386. The smallest absolute Gasteiger partial charge is 0.351 e. The van der Waals surface area contributed by atoms with Crippen LogP contribution in [0.3, 0.4) is 0 Å². The van der Waals surface area contributed by atoms with Crippen LogP contribution in [0.25, 0.3) is 0 Å². The molecule has 0 bridgehead atoms. The maximum atomic E-state index is 11.8. The molecule has 1 aromatic rings. The highest BCUT2D eigenvalue weighted by molar-refractivity contribution is 9.10. The molecule has 0 saturated carbocycles. The van der Waals surface area contributed by atoms with Gasteiger partial charge in [0.25, 0.3) is 5.91 Å². The first-order valence-electron chi connectivity index (χ1n) is 5.36. The van der Waals surface area contributed by atoms with E-state index in [1.807, 2.05) is 0 Å². The van der Waals surface area contributed by atoms with E-state index in [0.717, 1.165) is 0 Å². The van der Waals surface area contributed by atoms with E-state index in [4.69, 9.17) is 0 Å². The van der Waals surface area contributed by atoms with Gasteiger partial charge >= 0.3 is 6.18 Å². The Balaban J connectivity index is 2.26. The zero-order chi connectivity index (χ0) is 13.6. The van der Waals surface area contributed by atoms with Gasteiger partial charge in [-0.1, -0.05) is 6.07 Å². The monoisotopic (exact) mass is 324 g/mol.